The molecule has 2 aliphatic heterocycles. The summed E-state index contributed by atoms with van der Waals surface area (Å²) in [6.45, 7) is 9.17. The second kappa shape index (κ2) is 11.9. The first-order chi connectivity index (χ1) is 15.5. The highest BCUT2D eigenvalue weighted by atomic mass is 127. The van der Waals surface area contributed by atoms with Gasteiger partial charge in [0.15, 0.2) is 11.8 Å². The van der Waals surface area contributed by atoms with Crippen LogP contribution in [0.15, 0.2) is 17.1 Å². The van der Waals surface area contributed by atoms with E-state index in [0.717, 1.165) is 54.6 Å². The third-order valence-corrected chi connectivity index (χ3v) is 5.90. The van der Waals surface area contributed by atoms with Crippen LogP contribution < -0.4 is 20.1 Å². The van der Waals surface area contributed by atoms with Crippen LogP contribution in [0.3, 0.4) is 0 Å². The van der Waals surface area contributed by atoms with Crippen LogP contribution in [0.4, 0.5) is 0 Å². The summed E-state index contributed by atoms with van der Waals surface area (Å²) in [4.78, 5) is 4.84. The maximum atomic E-state index is 5.95. The molecule has 182 valence electrons. The fourth-order valence-electron chi connectivity index (χ4n) is 4.02. The molecule has 0 bridgehead atoms. The van der Waals surface area contributed by atoms with Crippen molar-refractivity contribution >= 4 is 29.9 Å². The van der Waals surface area contributed by atoms with Crippen molar-refractivity contribution in [2.45, 2.75) is 65.3 Å². The van der Waals surface area contributed by atoms with Crippen LogP contribution in [-0.4, -0.2) is 52.7 Å². The lowest BCUT2D eigenvalue weighted by molar-refractivity contribution is 0.113. The fraction of sp³-hybridized carbons (Fsp3) is 0.609. The topological polar surface area (TPSA) is 94.8 Å². The molecule has 10 heteroatoms. The third-order valence-electron chi connectivity index (χ3n) is 5.90. The van der Waals surface area contributed by atoms with E-state index in [0.29, 0.717) is 32.2 Å². The number of fused-ring (bicyclic) bond motifs is 1. The molecule has 0 spiro atoms. The zero-order chi connectivity index (χ0) is 22.5. The number of aryl methyl sites for hydroxylation is 1. The number of aliphatic imine (C=N–C) groups is 1. The zero-order valence-electron chi connectivity index (χ0n) is 19.9. The molecule has 2 N–H and O–H groups in total. The van der Waals surface area contributed by atoms with E-state index in [1.165, 1.54) is 5.56 Å². The minimum atomic E-state index is 0. The third kappa shape index (κ3) is 6.50. The molecule has 9 nitrogen and oxygen atoms in total. The molecule has 1 aromatic heterocycles. The van der Waals surface area contributed by atoms with E-state index in [9.17, 15) is 0 Å². The number of nitrogens with one attached hydrogen (secondary N) is 2. The molecule has 0 saturated carbocycles. The number of aromatic nitrogens is 3. The molecule has 33 heavy (non-hydrogen) atoms. The number of ether oxygens (including phenoxy) is 3. The Kier molecular flexibility index (Phi) is 9.19. The van der Waals surface area contributed by atoms with Gasteiger partial charge in [-0.15, -0.1) is 34.2 Å². The number of guanidine groups is 1. The molecule has 0 aliphatic carbocycles. The predicted molar refractivity (Wildman–Crippen MR) is 138 cm³/mol. The van der Waals surface area contributed by atoms with Crippen LogP contribution in [0.25, 0.3) is 0 Å². The lowest BCUT2D eigenvalue weighted by atomic mass is 10.1. The van der Waals surface area contributed by atoms with E-state index >= 15 is 0 Å². The molecule has 1 aromatic carbocycles. The first-order valence-corrected chi connectivity index (χ1v) is 11.5. The van der Waals surface area contributed by atoms with E-state index in [1.54, 1.807) is 0 Å². The standard InChI is InChI=1S/C23H34N6O3.HI/c1-5-30-20-10-17-9-15(2)32-21(17)11-18(20)12-24-23(25-13-19-7-6-8-31-19)26-14-22-28-27-16(3)29(22)4;/h10-11,15,19H,5-9,12-14H2,1-4H3,(H2,24,25,26);1H. The van der Waals surface area contributed by atoms with E-state index in [1.807, 2.05) is 25.5 Å². The summed E-state index contributed by atoms with van der Waals surface area (Å²) in [7, 11) is 1.96. The summed E-state index contributed by atoms with van der Waals surface area (Å²) in [5.74, 6) is 4.24. The first-order valence-electron chi connectivity index (χ1n) is 11.5. The van der Waals surface area contributed by atoms with Gasteiger partial charge in [-0.3, -0.25) is 0 Å². The summed E-state index contributed by atoms with van der Waals surface area (Å²) >= 11 is 0. The monoisotopic (exact) mass is 570 g/mol. The Bertz CT molecular complexity index is 958. The van der Waals surface area contributed by atoms with Gasteiger partial charge in [-0.2, -0.15) is 0 Å². The largest absolute Gasteiger partial charge is 0.494 e. The Balaban J connectivity index is 0.00000306. The molecule has 1 saturated heterocycles. The van der Waals surface area contributed by atoms with Gasteiger partial charge in [0.1, 0.15) is 23.4 Å². The number of halogens is 1. The number of benzene rings is 1. The Morgan fingerprint density at radius 3 is 2.85 bits per heavy atom. The molecule has 2 aliphatic rings. The molecular weight excluding hydrogens is 535 g/mol. The van der Waals surface area contributed by atoms with Gasteiger partial charge in [0.25, 0.3) is 0 Å². The number of hydrogen-bond donors (Lipinski definition) is 2. The van der Waals surface area contributed by atoms with Gasteiger partial charge in [-0.1, -0.05) is 0 Å². The molecule has 2 aromatic rings. The molecule has 1 fully saturated rings. The summed E-state index contributed by atoms with van der Waals surface area (Å²) in [6.07, 6.45) is 3.49. The molecule has 0 amide bonds. The first kappa shape index (κ1) is 25.5. The second-order valence-electron chi connectivity index (χ2n) is 8.39. The average molecular weight is 570 g/mol. The molecule has 0 radical (unpaired) electrons. The van der Waals surface area contributed by atoms with Crippen molar-refractivity contribution in [2.24, 2.45) is 12.0 Å². The van der Waals surface area contributed by atoms with Gasteiger partial charge < -0.3 is 29.4 Å². The number of hydrogen-bond acceptors (Lipinski definition) is 6. The summed E-state index contributed by atoms with van der Waals surface area (Å²) in [5, 5.41) is 15.2. The fourth-order valence-corrected chi connectivity index (χ4v) is 4.02. The summed E-state index contributed by atoms with van der Waals surface area (Å²) in [5.41, 5.74) is 2.20. The van der Waals surface area contributed by atoms with Crippen molar-refractivity contribution in [3.63, 3.8) is 0 Å². The highest BCUT2D eigenvalue weighted by Gasteiger charge is 2.22. The second-order valence-corrected chi connectivity index (χ2v) is 8.39. The van der Waals surface area contributed by atoms with Crippen molar-refractivity contribution < 1.29 is 14.2 Å². The lowest BCUT2D eigenvalue weighted by Crippen LogP contribution is -2.41. The Morgan fingerprint density at radius 1 is 1.30 bits per heavy atom. The minimum absolute atomic E-state index is 0. The van der Waals surface area contributed by atoms with Crippen molar-refractivity contribution in [1.82, 2.24) is 25.4 Å². The van der Waals surface area contributed by atoms with E-state index in [-0.39, 0.29) is 36.2 Å². The SMILES string of the molecule is CCOc1cc2c(cc1CN=C(NCc1nnc(C)n1C)NCC1CCCO1)OC(C)C2.I. The molecular formula is C23H35IN6O3. The molecule has 4 rings (SSSR count). The molecule has 2 unspecified atom stereocenters. The van der Waals surface area contributed by atoms with Gasteiger partial charge in [-0.05, 0) is 45.7 Å². The minimum Gasteiger partial charge on any atom is -0.494 e. The maximum absolute atomic E-state index is 5.95. The van der Waals surface area contributed by atoms with Crippen LogP contribution in [0.1, 0.15) is 49.5 Å². The van der Waals surface area contributed by atoms with Gasteiger partial charge in [0, 0.05) is 37.7 Å². The zero-order valence-corrected chi connectivity index (χ0v) is 22.2. The maximum Gasteiger partial charge on any atom is 0.192 e. The van der Waals surface area contributed by atoms with Crippen LogP contribution in [0, 0.1) is 6.92 Å². The highest BCUT2D eigenvalue weighted by Crippen LogP contribution is 2.35. The smallest absolute Gasteiger partial charge is 0.192 e. The van der Waals surface area contributed by atoms with Crippen LogP contribution in [0.5, 0.6) is 11.5 Å². The van der Waals surface area contributed by atoms with E-state index in [2.05, 4.69) is 39.9 Å². The molecule has 3 heterocycles. The van der Waals surface area contributed by atoms with Gasteiger partial charge >= 0.3 is 0 Å². The quantitative estimate of drug-likeness (QED) is 0.287. The van der Waals surface area contributed by atoms with Gasteiger partial charge in [0.05, 0.1) is 25.8 Å². The number of nitrogens with zero attached hydrogens (tertiary/aromatic N) is 4. The van der Waals surface area contributed by atoms with Gasteiger partial charge in [0.2, 0.25) is 0 Å². The van der Waals surface area contributed by atoms with Crippen LogP contribution in [-0.2, 0) is 31.3 Å². The van der Waals surface area contributed by atoms with E-state index in [4.69, 9.17) is 19.2 Å². The van der Waals surface area contributed by atoms with Crippen LogP contribution in [0.2, 0.25) is 0 Å². The van der Waals surface area contributed by atoms with Crippen LogP contribution >= 0.6 is 24.0 Å². The van der Waals surface area contributed by atoms with E-state index < -0.39 is 0 Å². The van der Waals surface area contributed by atoms with Crippen molar-refractivity contribution in [2.75, 3.05) is 19.8 Å². The predicted octanol–water partition coefficient (Wildman–Crippen LogP) is 2.88. The summed E-state index contributed by atoms with van der Waals surface area (Å²) < 4.78 is 19.6. The lowest BCUT2D eigenvalue weighted by Gasteiger charge is -2.16. The number of rotatable bonds is 8. The Labute approximate surface area is 212 Å². The average Bonchev–Trinajstić information content (AvgIpc) is 3.49. The highest BCUT2D eigenvalue weighted by molar-refractivity contribution is 14.0. The van der Waals surface area contributed by atoms with Gasteiger partial charge in [-0.25, -0.2) is 4.99 Å². The Morgan fingerprint density at radius 2 is 2.15 bits per heavy atom. The molecule has 2 atom stereocenters. The Hall–Kier alpha value is -2.08. The van der Waals surface area contributed by atoms with Crippen molar-refractivity contribution in [3.8, 4) is 11.5 Å². The van der Waals surface area contributed by atoms with Crippen molar-refractivity contribution in [3.05, 3.63) is 34.9 Å². The normalized spacial score (nSPS) is 19.6. The summed E-state index contributed by atoms with van der Waals surface area (Å²) in [6, 6.07) is 4.17. The van der Waals surface area contributed by atoms with Crippen molar-refractivity contribution in [1.29, 1.82) is 0 Å².